The average molecular weight is 477 g/mol. The number of hydrogen-bond acceptors (Lipinski definition) is 6. The summed E-state index contributed by atoms with van der Waals surface area (Å²) in [6.45, 7) is 2.87. The zero-order valence-corrected chi connectivity index (χ0v) is 18.3. The minimum atomic E-state index is -3.07. The standard InChI is InChI=1S/C21H19ClF2N6O3/c1-21(2,32)20-27-15(18(23)24)17(33-20)19(31)29-7-6-11-14(26-9-25-11)16(29)12-8-10-4-3-5-13(22)30(10)28-12/h3-5,8-9,16,18,32H,6-7H2,1-2H3,(H,25,26)/t16-/m1/s1. The molecule has 0 unspecified atom stereocenters. The first-order valence-electron chi connectivity index (χ1n) is 10.1. The van der Waals surface area contributed by atoms with E-state index in [0.29, 0.717) is 28.5 Å². The molecule has 5 rings (SSSR count). The molecule has 0 bridgehead atoms. The summed E-state index contributed by atoms with van der Waals surface area (Å²) < 4.78 is 34.4. The number of nitrogens with zero attached hydrogens (tertiary/aromatic N) is 5. The topological polar surface area (TPSA) is 113 Å². The van der Waals surface area contributed by atoms with Gasteiger partial charge in [-0.25, -0.2) is 23.3 Å². The highest BCUT2D eigenvalue weighted by Crippen LogP contribution is 2.37. The fourth-order valence-corrected chi connectivity index (χ4v) is 4.16. The maximum Gasteiger partial charge on any atom is 0.292 e. The van der Waals surface area contributed by atoms with Gasteiger partial charge in [-0.15, -0.1) is 0 Å². The van der Waals surface area contributed by atoms with Gasteiger partial charge in [0.1, 0.15) is 16.8 Å². The molecule has 0 saturated heterocycles. The van der Waals surface area contributed by atoms with Gasteiger partial charge in [-0.05, 0) is 32.0 Å². The Morgan fingerprint density at radius 1 is 1.39 bits per heavy atom. The number of carbonyl (C=O) groups is 1. The molecule has 1 amide bonds. The van der Waals surface area contributed by atoms with Crippen LogP contribution in [0.1, 0.15) is 65.5 Å². The van der Waals surface area contributed by atoms with Crippen molar-refractivity contribution in [1.29, 1.82) is 0 Å². The van der Waals surface area contributed by atoms with Gasteiger partial charge in [0.2, 0.25) is 11.7 Å². The lowest BCUT2D eigenvalue weighted by molar-refractivity contribution is 0.0440. The third kappa shape index (κ3) is 3.57. The number of halogens is 3. The molecule has 9 nitrogen and oxygen atoms in total. The maximum atomic E-state index is 13.7. The maximum absolute atomic E-state index is 13.7. The Kier molecular flexibility index (Phi) is 4.98. The summed E-state index contributed by atoms with van der Waals surface area (Å²) in [7, 11) is 0. The van der Waals surface area contributed by atoms with Crippen molar-refractivity contribution in [3.63, 3.8) is 0 Å². The lowest BCUT2D eigenvalue weighted by Gasteiger charge is -2.33. The second-order valence-corrected chi connectivity index (χ2v) is 8.65. The first kappa shape index (κ1) is 21.5. The number of alkyl halides is 2. The summed E-state index contributed by atoms with van der Waals surface area (Å²) in [6, 6.07) is 6.25. The summed E-state index contributed by atoms with van der Waals surface area (Å²) >= 11 is 6.25. The zero-order chi connectivity index (χ0) is 23.5. The van der Waals surface area contributed by atoms with E-state index in [2.05, 4.69) is 20.1 Å². The second-order valence-electron chi connectivity index (χ2n) is 8.26. The first-order valence-corrected chi connectivity index (χ1v) is 10.5. The molecule has 4 aromatic rings. The van der Waals surface area contributed by atoms with E-state index < -0.39 is 35.4 Å². The van der Waals surface area contributed by atoms with Crippen LogP contribution in [-0.4, -0.2) is 47.0 Å². The molecule has 1 aliphatic rings. The van der Waals surface area contributed by atoms with Crippen LogP contribution in [0.2, 0.25) is 5.15 Å². The van der Waals surface area contributed by atoms with Gasteiger partial charge >= 0.3 is 0 Å². The highest BCUT2D eigenvalue weighted by atomic mass is 35.5. The van der Waals surface area contributed by atoms with Crippen LogP contribution in [0.5, 0.6) is 0 Å². The Morgan fingerprint density at radius 2 is 2.18 bits per heavy atom. The second kappa shape index (κ2) is 7.63. The van der Waals surface area contributed by atoms with Gasteiger partial charge in [0.25, 0.3) is 12.3 Å². The molecular formula is C21H19ClF2N6O3. The van der Waals surface area contributed by atoms with Crippen LogP contribution in [0.15, 0.2) is 35.0 Å². The minimum Gasteiger partial charge on any atom is -0.432 e. The SMILES string of the molecule is CC(C)(O)c1nc(C(F)F)c(C(=O)N2CCc3[nH]cnc3[C@H]2c2cc3cccc(Cl)n3n2)o1. The third-order valence-electron chi connectivity index (χ3n) is 5.50. The number of amides is 1. The van der Waals surface area contributed by atoms with E-state index in [9.17, 15) is 18.7 Å². The molecule has 0 saturated carbocycles. The van der Waals surface area contributed by atoms with E-state index in [-0.39, 0.29) is 12.4 Å². The van der Waals surface area contributed by atoms with Gasteiger partial charge in [-0.2, -0.15) is 5.10 Å². The van der Waals surface area contributed by atoms with Crippen LogP contribution in [0.4, 0.5) is 8.78 Å². The van der Waals surface area contributed by atoms with Crippen LogP contribution >= 0.6 is 11.6 Å². The molecule has 0 aromatic carbocycles. The van der Waals surface area contributed by atoms with E-state index in [1.807, 2.05) is 6.07 Å². The van der Waals surface area contributed by atoms with Crippen molar-refractivity contribution in [2.45, 2.75) is 38.3 Å². The average Bonchev–Trinajstić information content (AvgIpc) is 3.49. The van der Waals surface area contributed by atoms with Gasteiger partial charge in [-0.3, -0.25) is 4.79 Å². The number of pyridine rings is 1. The van der Waals surface area contributed by atoms with Crippen LogP contribution in [-0.2, 0) is 12.0 Å². The summed E-state index contributed by atoms with van der Waals surface area (Å²) in [5.74, 6) is -1.78. The largest absolute Gasteiger partial charge is 0.432 e. The van der Waals surface area contributed by atoms with Crippen molar-refractivity contribution in [2.75, 3.05) is 6.54 Å². The number of nitrogens with one attached hydrogen (secondary N) is 1. The number of fused-ring (bicyclic) bond motifs is 2. The molecule has 2 N–H and O–H groups in total. The molecule has 1 aliphatic heterocycles. The number of aromatic amines is 1. The molecule has 33 heavy (non-hydrogen) atoms. The third-order valence-corrected chi connectivity index (χ3v) is 5.79. The number of hydrogen-bond donors (Lipinski definition) is 2. The quantitative estimate of drug-likeness (QED) is 0.435. The lowest BCUT2D eigenvalue weighted by Crippen LogP contribution is -2.41. The molecule has 0 fully saturated rings. The Bertz CT molecular complexity index is 1360. The fraction of sp³-hybridized carbons (Fsp3) is 0.333. The number of aliphatic hydroxyl groups is 1. The number of oxazole rings is 1. The predicted molar refractivity (Wildman–Crippen MR) is 112 cm³/mol. The number of H-pyrrole nitrogens is 1. The molecule has 0 spiro atoms. The Balaban J connectivity index is 1.63. The number of aromatic nitrogens is 5. The zero-order valence-electron chi connectivity index (χ0n) is 17.6. The van der Waals surface area contributed by atoms with Crippen molar-refractivity contribution < 1.29 is 23.1 Å². The molecule has 12 heteroatoms. The molecular weight excluding hydrogens is 458 g/mol. The summed E-state index contributed by atoms with van der Waals surface area (Å²) in [6.07, 6.45) is -1.12. The van der Waals surface area contributed by atoms with Gasteiger partial charge in [0.15, 0.2) is 5.69 Å². The highest BCUT2D eigenvalue weighted by Gasteiger charge is 2.40. The van der Waals surface area contributed by atoms with Crippen molar-refractivity contribution in [3.8, 4) is 0 Å². The van der Waals surface area contributed by atoms with E-state index >= 15 is 0 Å². The molecule has 5 heterocycles. The van der Waals surface area contributed by atoms with Crippen LogP contribution in [0.25, 0.3) is 5.52 Å². The predicted octanol–water partition coefficient (Wildman–Crippen LogP) is 3.65. The van der Waals surface area contributed by atoms with E-state index in [1.165, 1.54) is 29.6 Å². The molecule has 0 aliphatic carbocycles. The van der Waals surface area contributed by atoms with E-state index in [0.717, 1.165) is 5.69 Å². The van der Waals surface area contributed by atoms with Crippen LogP contribution in [0, 0.1) is 0 Å². The Morgan fingerprint density at radius 3 is 2.88 bits per heavy atom. The van der Waals surface area contributed by atoms with Crippen molar-refractivity contribution >= 4 is 23.0 Å². The number of carbonyl (C=O) groups excluding carboxylic acids is 1. The monoisotopic (exact) mass is 476 g/mol. The molecule has 4 aromatic heterocycles. The van der Waals surface area contributed by atoms with Crippen molar-refractivity contribution in [3.05, 3.63) is 70.2 Å². The summed E-state index contributed by atoms with van der Waals surface area (Å²) in [4.78, 5) is 26.0. The Hall–Kier alpha value is -3.31. The number of imidazole rings is 1. The summed E-state index contributed by atoms with van der Waals surface area (Å²) in [5, 5.41) is 15.1. The van der Waals surface area contributed by atoms with Crippen molar-refractivity contribution in [1.82, 2.24) is 29.5 Å². The van der Waals surface area contributed by atoms with Gasteiger partial charge in [0.05, 0.1) is 23.2 Å². The van der Waals surface area contributed by atoms with Gasteiger partial charge in [0, 0.05) is 18.7 Å². The Labute approximate surface area is 191 Å². The number of rotatable bonds is 4. The molecule has 172 valence electrons. The minimum absolute atomic E-state index is 0.196. The van der Waals surface area contributed by atoms with Crippen LogP contribution < -0.4 is 0 Å². The normalized spacial score (nSPS) is 16.6. The van der Waals surface area contributed by atoms with Crippen molar-refractivity contribution in [2.24, 2.45) is 0 Å². The van der Waals surface area contributed by atoms with E-state index in [1.54, 1.807) is 18.2 Å². The van der Waals surface area contributed by atoms with Gasteiger partial charge in [-0.1, -0.05) is 17.7 Å². The first-order chi connectivity index (χ1) is 15.6. The highest BCUT2D eigenvalue weighted by molar-refractivity contribution is 6.29. The van der Waals surface area contributed by atoms with Crippen LogP contribution in [0.3, 0.4) is 0 Å². The smallest absolute Gasteiger partial charge is 0.292 e. The molecule has 0 radical (unpaired) electrons. The summed E-state index contributed by atoms with van der Waals surface area (Å²) in [5.41, 5.74) is 0.0693. The van der Waals surface area contributed by atoms with Gasteiger partial charge < -0.3 is 19.4 Å². The lowest BCUT2D eigenvalue weighted by atomic mass is 9.99. The van der Waals surface area contributed by atoms with E-state index in [4.69, 9.17) is 16.0 Å². The fourth-order valence-electron chi connectivity index (χ4n) is 3.96. The molecule has 1 atom stereocenters.